The van der Waals surface area contributed by atoms with E-state index >= 15 is 0 Å². The fourth-order valence-corrected chi connectivity index (χ4v) is 2.83. The molecule has 0 bridgehead atoms. The van der Waals surface area contributed by atoms with Gasteiger partial charge >= 0.3 is 0 Å². The number of para-hydroxylation sites is 1. The molecule has 0 aromatic heterocycles. The SMILES string of the molecule is NCC1CCN2CCc3cccc1c32. The monoisotopic (exact) mass is 188 g/mol. The fraction of sp³-hybridized carbons (Fsp3) is 0.500. The predicted octanol–water partition coefficient (Wildman–Crippen LogP) is 1.50. The lowest BCUT2D eigenvalue weighted by Crippen LogP contribution is -2.31. The van der Waals surface area contributed by atoms with Crippen LogP contribution >= 0.6 is 0 Å². The lowest BCUT2D eigenvalue weighted by atomic mass is 9.89. The minimum Gasteiger partial charge on any atom is -0.371 e. The van der Waals surface area contributed by atoms with Crippen molar-refractivity contribution in [1.29, 1.82) is 0 Å². The molecule has 0 radical (unpaired) electrons. The van der Waals surface area contributed by atoms with Gasteiger partial charge in [0.2, 0.25) is 0 Å². The van der Waals surface area contributed by atoms with Gasteiger partial charge in [-0.25, -0.2) is 0 Å². The summed E-state index contributed by atoms with van der Waals surface area (Å²) in [6.07, 6.45) is 2.45. The molecule has 1 atom stereocenters. The first-order valence-electron chi connectivity index (χ1n) is 5.47. The maximum atomic E-state index is 5.82. The first-order chi connectivity index (χ1) is 6.90. The lowest BCUT2D eigenvalue weighted by molar-refractivity contribution is 0.594. The van der Waals surface area contributed by atoms with Crippen LogP contribution in [0.25, 0.3) is 0 Å². The molecule has 2 nitrogen and oxygen atoms in total. The van der Waals surface area contributed by atoms with Gasteiger partial charge in [0.15, 0.2) is 0 Å². The highest BCUT2D eigenvalue weighted by molar-refractivity contribution is 5.65. The van der Waals surface area contributed by atoms with Gasteiger partial charge in [0.05, 0.1) is 0 Å². The van der Waals surface area contributed by atoms with Gasteiger partial charge in [-0.05, 0) is 36.4 Å². The Kier molecular flexibility index (Phi) is 1.77. The van der Waals surface area contributed by atoms with Crippen molar-refractivity contribution in [2.75, 3.05) is 24.5 Å². The van der Waals surface area contributed by atoms with Crippen LogP contribution in [0.3, 0.4) is 0 Å². The molecule has 1 aromatic rings. The molecule has 1 aromatic carbocycles. The van der Waals surface area contributed by atoms with Gasteiger partial charge < -0.3 is 10.6 Å². The first kappa shape index (κ1) is 8.30. The molecular formula is C12H16N2. The molecular weight excluding hydrogens is 172 g/mol. The van der Waals surface area contributed by atoms with Crippen LogP contribution in [0.15, 0.2) is 18.2 Å². The van der Waals surface area contributed by atoms with Crippen LogP contribution in [-0.2, 0) is 6.42 Å². The standard InChI is InChI=1S/C12H16N2/c13-8-10-5-7-14-6-4-9-2-1-3-11(10)12(9)14/h1-3,10H,4-8,13H2. The van der Waals surface area contributed by atoms with Crippen LogP contribution in [0.2, 0.25) is 0 Å². The van der Waals surface area contributed by atoms with Gasteiger partial charge in [-0.15, -0.1) is 0 Å². The van der Waals surface area contributed by atoms with Crippen molar-refractivity contribution in [1.82, 2.24) is 0 Å². The molecule has 1 unspecified atom stereocenters. The van der Waals surface area contributed by atoms with Gasteiger partial charge in [-0.2, -0.15) is 0 Å². The normalized spacial score (nSPS) is 23.8. The highest BCUT2D eigenvalue weighted by Crippen LogP contribution is 2.40. The zero-order valence-electron chi connectivity index (χ0n) is 8.37. The largest absolute Gasteiger partial charge is 0.371 e. The van der Waals surface area contributed by atoms with Crippen molar-refractivity contribution in [2.45, 2.75) is 18.8 Å². The number of nitrogens with zero attached hydrogens (tertiary/aromatic N) is 1. The topological polar surface area (TPSA) is 29.3 Å². The second kappa shape index (κ2) is 2.99. The average molecular weight is 188 g/mol. The molecule has 2 heteroatoms. The maximum absolute atomic E-state index is 5.82. The van der Waals surface area contributed by atoms with Crippen LogP contribution in [0.5, 0.6) is 0 Å². The van der Waals surface area contributed by atoms with E-state index in [-0.39, 0.29) is 0 Å². The molecule has 0 amide bonds. The van der Waals surface area contributed by atoms with E-state index < -0.39 is 0 Å². The summed E-state index contributed by atoms with van der Waals surface area (Å²) < 4.78 is 0. The molecule has 2 aliphatic rings. The molecule has 2 N–H and O–H groups in total. The molecule has 2 aliphatic heterocycles. The Morgan fingerprint density at radius 1 is 1.36 bits per heavy atom. The van der Waals surface area contributed by atoms with Gasteiger partial charge in [-0.3, -0.25) is 0 Å². The number of anilines is 1. The molecule has 14 heavy (non-hydrogen) atoms. The summed E-state index contributed by atoms with van der Waals surface area (Å²) in [5.41, 5.74) is 10.3. The van der Waals surface area contributed by atoms with Crippen LogP contribution in [0.4, 0.5) is 5.69 Å². The highest BCUT2D eigenvalue weighted by atomic mass is 15.2. The van der Waals surface area contributed by atoms with Gasteiger partial charge in [0.1, 0.15) is 0 Å². The zero-order valence-corrected chi connectivity index (χ0v) is 8.37. The Balaban J connectivity index is 2.15. The zero-order chi connectivity index (χ0) is 9.54. The summed E-state index contributed by atoms with van der Waals surface area (Å²) in [6.45, 7) is 3.21. The maximum Gasteiger partial charge on any atom is 0.0435 e. The minimum atomic E-state index is 0.597. The highest BCUT2D eigenvalue weighted by Gasteiger charge is 2.29. The van der Waals surface area contributed by atoms with Crippen LogP contribution < -0.4 is 10.6 Å². The summed E-state index contributed by atoms with van der Waals surface area (Å²) in [4.78, 5) is 2.52. The van der Waals surface area contributed by atoms with E-state index in [4.69, 9.17) is 5.73 Å². The molecule has 0 saturated carbocycles. The quantitative estimate of drug-likeness (QED) is 0.723. The minimum absolute atomic E-state index is 0.597. The Morgan fingerprint density at radius 2 is 2.29 bits per heavy atom. The van der Waals surface area contributed by atoms with Crippen LogP contribution in [-0.4, -0.2) is 19.6 Å². The summed E-state index contributed by atoms with van der Waals surface area (Å²) in [5.74, 6) is 0.597. The lowest BCUT2D eigenvalue weighted by Gasteiger charge is -2.32. The third-order valence-electron chi connectivity index (χ3n) is 3.59. The van der Waals surface area contributed by atoms with Gasteiger partial charge in [0, 0.05) is 18.8 Å². The number of nitrogens with two attached hydrogens (primary N) is 1. The summed E-state index contributed by atoms with van der Waals surface area (Å²) >= 11 is 0. The molecule has 0 aliphatic carbocycles. The van der Waals surface area contributed by atoms with Crippen molar-refractivity contribution < 1.29 is 0 Å². The first-order valence-corrected chi connectivity index (χ1v) is 5.47. The molecule has 0 spiro atoms. The van der Waals surface area contributed by atoms with E-state index in [1.807, 2.05) is 0 Å². The molecule has 74 valence electrons. The van der Waals surface area contributed by atoms with Crippen LogP contribution in [0.1, 0.15) is 23.5 Å². The number of hydrogen-bond acceptors (Lipinski definition) is 2. The Bertz CT molecular complexity index is 359. The molecule has 3 rings (SSSR count). The molecule has 0 saturated heterocycles. The Labute approximate surface area is 84.7 Å². The smallest absolute Gasteiger partial charge is 0.0435 e. The summed E-state index contributed by atoms with van der Waals surface area (Å²) in [5, 5.41) is 0. The number of hydrogen-bond donors (Lipinski definition) is 1. The van der Waals surface area contributed by atoms with E-state index in [2.05, 4.69) is 23.1 Å². The predicted molar refractivity (Wildman–Crippen MR) is 58.8 cm³/mol. The van der Waals surface area contributed by atoms with Crippen LogP contribution in [0, 0.1) is 0 Å². The summed E-state index contributed by atoms with van der Waals surface area (Å²) in [7, 11) is 0. The fourth-order valence-electron chi connectivity index (χ4n) is 2.83. The molecule has 2 heterocycles. The van der Waals surface area contributed by atoms with E-state index in [1.165, 1.54) is 42.7 Å². The summed E-state index contributed by atoms with van der Waals surface area (Å²) in [6, 6.07) is 6.71. The second-order valence-corrected chi connectivity index (χ2v) is 4.31. The second-order valence-electron chi connectivity index (χ2n) is 4.31. The van der Waals surface area contributed by atoms with Crippen molar-refractivity contribution in [3.63, 3.8) is 0 Å². The van der Waals surface area contributed by atoms with E-state index in [0.717, 1.165) is 6.54 Å². The van der Waals surface area contributed by atoms with E-state index in [1.54, 1.807) is 0 Å². The van der Waals surface area contributed by atoms with Crippen molar-refractivity contribution >= 4 is 5.69 Å². The number of benzene rings is 1. The van der Waals surface area contributed by atoms with E-state index in [9.17, 15) is 0 Å². The van der Waals surface area contributed by atoms with E-state index in [0.29, 0.717) is 5.92 Å². The Hall–Kier alpha value is -1.02. The third-order valence-corrected chi connectivity index (χ3v) is 3.59. The Morgan fingerprint density at radius 3 is 3.14 bits per heavy atom. The average Bonchev–Trinajstić information content (AvgIpc) is 2.65. The number of rotatable bonds is 1. The van der Waals surface area contributed by atoms with Gasteiger partial charge in [-0.1, -0.05) is 18.2 Å². The molecule has 0 fully saturated rings. The third kappa shape index (κ3) is 1.01. The van der Waals surface area contributed by atoms with Crippen molar-refractivity contribution in [2.24, 2.45) is 5.73 Å². The van der Waals surface area contributed by atoms with Gasteiger partial charge in [0.25, 0.3) is 0 Å². The van der Waals surface area contributed by atoms with Crippen molar-refractivity contribution in [3.8, 4) is 0 Å². The van der Waals surface area contributed by atoms with Crippen molar-refractivity contribution in [3.05, 3.63) is 29.3 Å².